The number of hydrogen-bond acceptors (Lipinski definition) is 3. The molecule has 1 fully saturated rings. The van der Waals surface area contributed by atoms with Crippen molar-refractivity contribution in [3.63, 3.8) is 0 Å². The van der Waals surface area contributed by atoms with E-state index < -0.39 is 0 Å². The minimum atomic E-state index is -0.357. The fourth-order valence-electron chi connectivity index (χ4n) is 1.46. The number of nitrogens with zero attached hydrogens (tertiary/aromatic N) is 1. The van der Waals surface area contributed by atoms with Crippen molar-refractivity contribution in [3.8, 4) is 0 Å². The van der Waals surface area contributed by atoms with Crippen LogP contribution in [0.1, 0.15) is 17.2 Å². The molecule has 68 valence electrons. The number of ether oxygens (including phenoxy) is 1. The summed E-state index contributed by atoms with van der Waals surface area (Å²) in [4.78, 5) is 10.3. The predicted octanol–water partition coefficient (Wildman–Crippen LogP) is 1.97. The van der Waals surface area contributed by atoms with Gasteiger partial charge in [-0.15, -0.1) is 0 Å². The highest BCUT2D eigenvalue weighted by molar-refractivity contribution is 5.47. The summed E-state index contributed by atoms with van der Waals surface area (Å²) in [5, 5.41) is 10.7. The molecule has 1 aromatic carbocycles. The molecule has 0 N–H and O–H groups in total. The van der Waals surface area contributed by atoms with Gasteiger partial charge in [-0.1, -0.05) is 12.1 Å². The van der Waals surface area contributed by atoms with E-state index in [1.165, 1.54) is 6.07 Å². The molecule has 13 heavy (non-hydrogen) atoms. The Morgan fingerprint density at radius 3 is 2.85 bits per heavy atom. The molecule has 1 aliphatic heterocycles. The number of benzene rings is 1. The zero-order chi connectivity index (χ0) is 9.42. The van der Waals surface area contributed by atoms with Crippen LogP contribution in [0, 0.1) is 17.0 Å². The molecule has 1 saturated heterocycles. The summed E-state index contributed by atoms with van der Waals surface area (Å²) in [7, 11) is 0. The second kappa shape index (κ2) is 2.81. The van der Waals surface area contributed by atoms with Gasteiger partial charge in [-0.3, -0.25) is 10.1 Å². The molecule has 1 aromatic rings. The maximum atomic E-state index is 10.7. The molecule has 0 aromatic heterocycles. The van der Waals surface area contributed by atoms with E-state index in [0.717, 1.165) is 11.1 Å². The highest BCUT2D eigenvalue weighted by Crippen LogP contribution is 2.37. The smallest absolute Gasteiger partial charge is 0.275 e. The van der Waals surface area contributed by atoms with Crippen molar-refractivity contribution in [3.05, 3.63) is 39.4 Å². The van der Waals surface area contributed by atoms with Gasteiger partial charge < -0.3 is 4.74 Å². The van der Waals surface area contributed by atoms with Crippen molar-refractivity contribution in [2.24, 2.45) is 0 Å². The third-order valence-corrected chi connectivity index (χ3v) is 2.15. The van der Waals surface area contributed by atoms with Crippen LogP contribution in [0.15, 0.2) is 18.2 Å². The lowest BCUT2D eigenvalue weighted by Gasteiger charge is -2.02. The van der Waals surface area contributed by atoms with Crippen LogP contribution in [0.5, 0.6) is 0 Å². The fraction of sp³-hybridized carbons (Fsp3) is 0.333. The quantitative estimate of drug-likeness (QED) is 0.396. The van der Waals surface area contributed by atoms with E-state index in [4.69, 9.17) is 4.74 Å². The van der Waals surface area contributed by atoms with E-state index in [1.54, 1.807) is 6.07 Å². The van der Waals surface area contributed by atoms with E-state index in [1.807, 2.05) is 13.0 Å². The molecular formula is C9H9NO3. The molecule has 4 nitrogen and oxygen atoms in total. The van der Waals surface area contributed by atoms with Crippen LogP contribution in [-0.4, -0.2) is 11.5 Å². The Kier molecular flexibility index (Phi) is 1.77. The lowest BCUT2D eigenvalue weighted by Crippen LogP contribution is -1.96. The van der Waals surface area contributed by atoms with Gasteiger partial charge in [-0.25, -0.2) is 0 Å². The molecule has 0 radical (unpaired) electrons. The lowest BCUT2D eigenvalue weighted by atomic mass is 10.0. The Labute approximate surface area is 75.3 Å². The van der Waals surface area contributed by atoms with Crippen LogP contribution in [0.4, 0.5) is 5.69 Å². The number of nitro benzene ring substituents is 1. The van der Waals surface area contributed by atoms with Crippen LogP contribution in [0.25, 0.3) is 0 Å². The van der Waals surface area contributed by atoms with Gasteiger partial charge in [0.05, 0.1) is 17.1 Å². The molecule has 0 spiro atoms. The van der Waals surface area contributed by atoms with Crippen molar-refractivity contribution in [2.45, 2.75) is 13.0 Å². The summed E-state index contributed by atoms with van der Waals surface area (Å²) in [6.45, 7) is 2.47. The molecule has 0 unspecified atom stereocenters. The number of hydrogen-bond donors (Lipinski definition) is 0. The van der Waals surface area contributed by atoms with Crippen molar-refractivity contribution >= 4 is 5.69 Å². The second-order valence-electron chi connectivity index (χ2n) is 3.09. The third kappa shape index (κ3) is 1.40. The van der Waals surface area contributed by atoms with Gasteiger partial charge in [-0.2, -0.15) is 0 Å². The first-order valence-electron chi connectivity index (χ1n) is 4.05. The Hall–Kier alpha value is -1.42. The first kappa shape index (κ1) is 8.19. The minimum Gasteiger partial charge on any atom is -0.368 e. The summed E-state index contributed by atoms with van der Waals surface area (Å²) in [6, 6.07) is 5.08. The maximum absolute atomic E-state index is 10.7. The van der Waals surface area contributed by atoms with E-state index in [2.05, 4.69) is 0 Å². The zero-order valence-electron chi connectivity index (χ0n) is 7.19. The number of rotatable bonds is 2. The average Bonchev–Trinajstić information content (AvgIpc) is 2.86. The highest BCUT2D eigenvalue weighted by Gasteiger charge is 2.33. The maximum Gasteiger partial charge on any atom is 0.275 e. The average molecular weight is 179 g/mol. The Bertz CT molecular complexity index is 358. The lowest BCUT2D eigenvalue weighted by molar-refractivity contribution is -0.385. The summed E-state index contributed by atoms with van der Waals surface area (Å²) in [6.07, 6.45) is -0.0541. The van der Waals surface area contributed by atoms with Crippen molar-refractivity contribution in [1.29, 1.82) is 0 Å². The third-order valence-electron chi connectivity index (χ3n) is 2.15. The van der Waals surface area contributed by atoms with Gasteiger partial charge in [0.15, 0.2) is 0 Å². The van der Waals surface area contributed by atoms with Gasteiger partial charge in [0.25, 0.3) is 5.69 Å². The molecule has 2 rings (SSSR count). The summed E-state index contributed by atoms with van der Waals surface area (Å²) in [5.41, 5.74) is 1.83. The van der Waals surface area contributed by atoms with E-state index >= 15 is 0 Å². The normalized spacial score (nSPS) is 19.9. The van der Waals surface area contributed by atoms with Crippen molar-refractivity contribution in [2.75, 3.05) is 6.61 Å². The van der Waals surface area contributed by atoms with Crippen molar-refractivity contribution in [1.82, 2.24) is 0 Å². The van der Waals surface area contributed by atoms with Gasteiger partial charge in [0.2, 0.25) is 0 Å². The van der Waals surface area contributed by atoms with Gasteiger partial charge in [0, 0.05) is 6.07 Å². The molecule has 0 aliphatic carbocycles. The van der Waals surface area contributed by atoms with E-state index in [9.17, 15) is 10.1 Å². The molecule has 1 aliphatic rings. The number of epoxide rings is 1. The minimum absolute atomic E-state index is 0.0541. The Morgan fingerprint density at radius 1 is 1.62 bits per heavy atom. The molecular weight excluding hydrogens is 170 g/mol. The van der Waals surface area contributed by atoms with Gasteiger partial charge in [-0.05, 0) is 12.5 Å². The molecule has 0 amide bonds. The molecule has 0 saturated carbocycles. The molecule has 1 heterocycles. The van der Waals surface area contributed by atoms with Gasteiger partial charge >= 0.3 is 0 Å². The SMILES string of the molecule is Cc1cccc([N+](=O)[O-])c1[C@@H]1CO1. The summed E-state index contributed by atoms with van der Waals surface area (Å²) >= 11 is 0. The van der Waals surface area contributed by atoms with Crippen LogP contribution in [-0.2, 0) is 4.74 Å². The first-order chi connectivity index (χ1) is 6.20. The first-order valence-corrected chi connectivity index (χ1v) is 4.05. The fourth-order valence-corrected chi connectivity index (χ4v) is 1.46. The standard InChI is InChI=1S/C9H9NO3/c1-6-3-2-4-7(10(11)12)9(6)8-5-13-8/h2-4,8H,5H2,1H3/t8-/m0/s1. The largest absolute Gasteiger partial charge is 0.368 e. The van der Waals surface area contributed by atoms with Crippen LogP contribution in [0.3, 0.4) is 0 Å². The topological polar surface area (TPSA) is 55.7 Å². The van der Waals surface area contributed by atoms with Gasteiger partial charge in [0.1, 0.15) is 6.10 Å². The Balaban J connectivity index is 2.53. The highest BCUT2D eigenvalue weighted by atomic mass is 16.6. The summed E-state index contributed by atoms with van der Waals surface area (Å²) in [5.74, 6) is 0. The molecule has 0 bridgehead atoms. The van der Waals surface area contributed by atoms with E-state index in [0.29, 0.717) is 6.61 Å². The van der Waals surface area contributed by atoms with Crippen LogP contribution < -0.4 is 0 Å². The molecule has 1 atom stereocenters. The van der Waals surface area contributed by atoms with Crippen LogP contribution >= 0.6 is 0 Å². The number of nitro groups is 1. The second-order valence-corrected chi connectivity index (χ2v) is 3.09. The Morgan fingerprint density at radius 2 is 2.31 bits per heavy atom. The summed E-state index contributed by atoms with van der Waals surface area (Å²) < 4.78 is 5.06. The zero-order valence-corrected chi connectivity index (χ0v) is 7.19. The van der Waals surface area contributed by atoms with E-state index in [-0.39, 0.29) is 16.7 Å². The predicted molar refractivity (Wildman–Crippen MR) is 46.5 cm³/mol. The van der Waals surface area contributed by atoms with Crippen molar-refractivity contribution < 1.29 is 9.66 Å². The monoisotopic (exact) mass is 179 g/mol. The number of aryl methyl sites for hydroxylation is 1. The molecule has 4 heteroatoms. The van der Waals surface area contributed by atoms with Crippen LogP contribution in [0.2, 0.25) is 0 Å².